The van der Waals surface area contributed by atoms with Crippen LogP contribution in [-0.2, 0) is 0 Å². The molecule has 1 rings (SSSR count). The Balaban J connectivity index is 2.45. The van der Waals surface area contributed by atoms with Crippen molar-refractivity contribution in [2.45, 2.75) is 84.7 Å². The molecule has 3 unspecified atom stereocenters. The Hall–Kier alpha value is -0.0400. The molecule has 0 aromatic rings. The van der Waals surface area contributed by atoms with E-state index in [0.29, 0.717) is 6.04 Å². The average molecular weight is 225 g/mol. The van der Waals surface area contributed by atoms with Crippen molar-refractivity contribution in [2.75, 3.05) is 0 Å². The summed E-state index contributed by atoms with van der Waals surface area (Å²) in [5.74, 6) is 1.90. The fourth-order valence-corrected chi connectivity index (χ4v) is 3.15. The van der Waals surface area contributed by atoms with Gasteiger partial charge in [0.2, 0.25) is 0 Å². The summed E-state index contributed by atoms with van der Waals surface area (Å²) in [6.07, 6.45) is 9.92. The van der Waals surface area contributed by atoms with Gasteiger partial charge in [-0.2, -0.15) is 0 Å². The Bertz CT molecular complexity index is 176. The van der Waals surface area contributed by atoms with Gasteiger partial charge in [-0.1, -0.05) is 53.4 Å². The van der Waals surface area contributed by atoms with Crippen molar-refractivity contribution in [2.24, 2.45) is 11.8 Å². The molecule has 0 aliphatic heterocycles. The van der Waals surface area contributed by atoms with Crippen molar-refractivity contribution < 1.29 is 0 Å². The van der Waals surface area contributed by atoms with Crippen LogP contribution in [0, 0.1) is 11.8 Å². The molecule has 0 saturated heterocycles. The summed E-state index contributed by atoms with van der Waals surface area (Å²) in [6.45, 7) is 9.30. The largest absolute Gasteiger partial charge is 0.312 e. The minimum Gasteiger partial charge on any atom is -0.312 e. The fraction of sp³-hybridized carbons (Fsp3) is 1.00. The standard InChI is InChI=1S/C15H31N/c1-5-6-10-15(16-12(2)3)14-9-7-8-13(4)11-14/h12-16H,5-11H2,1-4H3. The van der Waals surface area contributed by atoms with Gasteiger partial charge in [0, 0.05) is 12.1 Å². The van der Waals surface area contributed by atoms with Gasteiger partial charge in [-0.25, -0.2) is 0 Å². The van der Waals surface area contributed by atoms with Crippen LogP contribution in [0.2, 0.25) is 0 Å². The highest BCUT2D eigenvalue weighted by molar-refractivity contribution is 4.82. The van der Waals surface area contributed by atoms with Gasteiger partial charge in [0.25, 0.3) is 0 Å². The van der Waals surface area contributed by atoms with E-state index >= 15 is 0 Å². The van der Waals surface area contributed by atoms with Gasteiger partial charge in [0.15, 0.2) is 0 Å². The van der Waals surface area contributed by atoms with Gasteiger partial charge in [-0.3, -0.25) is 0 Å². The molecule has 3 atom stereocenters. The third kappa shape index (κ3) is 4.86. The van der Waals surface area contributed by atoms with Crippen LogP contribution >= 0.6 is 0 Å². The summed E-state index contributed by atoms with van der Waals surface area (Å²) >= 11 is 0. The molecule has 1 N–H and O–H groups in total. The number of hydrogen-bond donors (Lipinski definition) is 1. The third-order valence-electron chi connectivity index (χ3n) is 3.96. The maximum atomic E-state index is 3.80. The number of unbranched alkanes of at least 4 members (excludes halogenated alkanes) is 1. The predicted octanol–water partition coefficient (Wildman–Crippen LogP) is 4.37. The summed E-state index contributed by atoms with van der Waals surface area (Å²) in [5.41, 5.74) is 0. The molecular weight excluding hydrogens is 194 g/mol. The lowest BCUT2D eigenvalue weighted by atomic mass is 9.77. The highest BCUT2D eigenvalue weighted by Gasteiger charge is 2.26. The predicted molar refractivity (Wildman–Crippen MR) is 72.7 cm³/mol. The average Bonchev–Trinajstić information content (AvgIpc) is 2.23. The Kier molecular flexibility index (Phi) is 6.41. The minimum absolute atomic E-state index is 0.638. The molecule has 0 aromatic heterocycles. The van der Waals surface area contributed by atoms with Crippen LogP contribution in [0.1, 0.15) is 72.6 Å². The number of rotatable bonds is 6. The van der Waals surface area contributed by atoms with Gasteiger partial charge in [-0.05, 0) is 31.1 Å². The summed E-state index contributed by atoms with van der Waals surface area (Å²) in [6, 6.07) is 1.42. The second-order valence-corrected chi connectivity index (χ2v) is 6.10. The molecule has 1 aliphatic rings. The molecule has 1 heteroatoms. The molecule has 96 valence electrons. The van der Waals surface area contributed by atoms with E-state index in [4.69, 9.17) is 0 Å². The summed E-state index contributed by atoms with van der Waals surface area (Å²) in [5, 5.41) is 3.80. The lowest BCUT2D eigenvalue weighted by molar-refractivity contribution is 0.205. The van der Waals surface area contributed by atoms with Crippen LogP contribution in [0.15, 0.2) is 0 Å². The van der Waals surface area contributed by atoms with Crippen molar-refractivity contribution in [3.63, 3.8) is 0 Å². The van der Waals surface area contributed by atoms with Crippen LogP contribution in [0.25, 0.3) is 0 Å². The third-order valence-corrected chi connectivity index (χ3v) is 3.96. The number of nitrogens with one attached hydrogen (secondary N) is 1. The minimum atomic E-state index is 0.638. The van der Waals surface area contributed by atoms with Crippen molar-refractivity contribution in [1.82, 2.24) is 5.32 Å². The van der Waals surface area contributed by atoms with E-state index in [0.717, 1.165) is 17.9 Å². The topological polar surface area (TPSA) is 12.0 Å². The molecule has 0 amide bonds. The Morgan fingerprint density at radius 3 is 2.56 bits per heavy atom. The van der Waals surface area contributed by atoms with E-state index in [9.17, 15) is 0 Å². The highest BCUT2D eigenvalue weighted by atomic mass is 14.9. The second kappa shape index (κ2) is 7.32. The van der Waals surface area contributed by atoms with Crippen LogP contribution < -0.4 is 5.32 Å². The van der Waals surface area contributed by atoms with Crippen LogP contribution in [0.5, 0.6) is 0 Å². The van der Waals surface area contributed by atoms with E-state index in [-0.39, 0.29) is 0 Å². The molecule has 1 saturated carbocycles. The zero-order valence-corrected chi connectivity index (χ0v) is 11.8. The zero-order valence-electron chi connectivity index (χ0n) is 11.8. The first-order valence-electron chi connectivity index (χ1n) is 7.39. The van der Waals surface area contributed by atoms with Crippen molar-refractivity contribution in [3.8, 4) is 0 Å². The van der Waals surface area contributed by atoms with Crippen LogP contribution in [-0.4, -0.2) is 12.1 Å². The summed E-state index contributed by atoms with van der Waals surface area (Å²) in [7, 11) is 0. The maximum absolute atomic E-state index is 3.80. The van der Waals surface area contributed by atoms with Crippen molar-refractivity contribution in [3.05, 3.63) is 0 Å². The van der Waals surface area contributed by atoms with Crippen LogP contribution in [0.4, 0.5) is 0 Å². The molecule has 1 fully saturated rings. The molecule has 0 aromatic carbocycles. The quantitative estimate of drug-likeness (QED) is 0.708. The van der Waals surface area contributed by atoms with Gasteiger partial charge in [0.05, 0.1) is 0 Å². The lowest BCUT2D eigenvalue weighted by Crippen LogP contribution is -2.42. The SMILES string of the molecule is CCCCC(NC(C)C)C1CCCC(C)C1. The first kappa shape index (κ1) is 14.0. The molecule has 0 bridgehead atoms. The zero-order chi connectivity index (χ0) is 12.0. The number of hydrogen-bond acceptors (Lipinski definition) is 1. The molecule has 0 spiro atoms. The Labute approximate surface area is 102 Å². The summed E-state index contributed by atoms with van der Waals surface area (Å²) < 4.78 is 0. The first-order valence-corrected chi connectivity index (χ1v) is 7.39. The first-order chi connectivity index (χ1) is 7.63. The Morgan fingerprint density at radius 1 is 1.25 bits per heavy atom. The van der Waals surface area contributed by atoms with E-state index in [1.165, 1.54) is 44.9 Å². The highest BCUT2D eigenvalue weighted by Crippen LogP contribution is 2.32. The van der Waals surface area contributed by atoms with E-state index in [2.05, 4.69) is 33.0 Å². The molecule has 1 aliphatic carbocycles. The normalized spacial score (nSPS) is 28.3. The molecule has 0 radical (unpaired) electrons. The van der Waals surface area contributed by atoms with Crippen molar-refractivity contribution in [1.29, 1.82) is 0 Å². The maximum Gasteiger partial charge on any atom is 0.00977 e. The molecule has 16 heavy (non-hydrogen) atoms. The fourth-order valence-electron chi connectivity index (χ4n) is 3.15. The molecule has 1 nitrogen and oxygen atoms in total. The van der Waals surface area contributed by atoms with Crippen molar-refractivity contribution >= 4 is 0 Å². The van der Waals surface area contributed by atoms with Crippen LogP contribution in [0.3, 0.4) is 0 Å². The van der Waals surface area contributed by atoms with E-state index in [1.54, 1.807) is 0 Å². The van der Waals surface area contributed by atoms with E-state index < -0.39 is 0 Å². The molecule has 0 heterocycles. The van der Waals surface area contributed by atoms with Gasteiger partial charge >= 0.3 is 0 Å². The molecular formula is C15H31N. The Morgan fingerprint density at radius 2 is 2.00 bits per heavy atom. The smallest absolute Gasteiger partial charge is 0.00977 e. The summed E-state index contributed by atoms with van der Waals surface area (Å²) in [4.78, 5) is 0. The van der Waals surface area contributed by atoms with E-state index in [1.807, 2.05) is 0 Å². The van der Waals surface area contributed by atoms with Gasteiger partial charge < -0.3 is 5.32 Å². The second-order valence-electron chi connectivity index (χ2n) is 6.10. The van der Waals surface area contributed by atoms with Gasteiger partial charge in [-0.15, -0.1) is 0 Å². The lowest BCUT2D eigenvalue weighted by Gasteiger charge is -2.35. The monoisotopic (exact) mass is 225 g/mol. The van der Waals surface area contributed by atoms with Gasteiger partial charge in [0.1, 0.15) is 0 Å².